The van der Waals surface area contributed by atoms with Gasteiger partial charge in [-0.25, -0.2) is 0 Å². The van der Waals surface area contributed by atoms with Gasteiger partial charge in [0.2, 0.25) is 5.91 Å². The Bertz CT molecular complexity index is 646. The smallest absolute Gasteiger partial charge is 0.228 e. The van der Waals surface area contributed by atoms with Crippen LogP contribution >= 0.6 is 36.6 Å². The van der Waals surface area contributed by atoms with Gasteiger partial charge < -0.3 is 10.6 Å². The van der Waals surface area contributed by atoms with Crippen LogP contribution in [-0.4, -0.2) is 48.5 Å². The monoisotopic (exact) mass is 431 g/mol. The summed E-state index contributed by atoms with van der Waals surface area (Å²) < 4.78 is 0. The molecule has 4 nitrogen and oxygen atoms in total. The van der Waals surface area contributed by atoms with Crippen LogP contribution in [0.25, 0.3) is 0 Å². The third-order valence-corrected chi connectivity index (χ3v) is 7.25. The van der Waals surface area contributed by atoms with E-state index < -0.39 is 0 Å². The summed E-state index contributed by atoms with van der Waals surface area (Å²) in [5.74, 6) is 2.91. The number of halogens is 2. The van der Waals surface area contributed by atoms with Crippen LogP contribution < -0.4 is 10.6 Å². The maximum Gasteiger partial charge on any atom is 0.228 e. The molecule has 1 atom stereocenters. The van der Waals surface area contributed by atoms with Gasteiger partial charge in [-0.2, -0.15) is 11.8 Å². The number of nitrogens with zero attached hydrogens (tertiary/aromatic N) is 1. The Balaban J connectivity index is 0.00000131. The first-order valence-corrected chi connectivity index (χ1v) is 10.7. The predicted molar refractivity (Wildman–Crippen MR) is 120 cm³/mol. The molecule has 2 saturated heterocycles. The largest absolute Gasteiger partial charge is 0.326 e. The summed E-state index contributed by atoms with van der Waals surface area (Å²) in [6, 6.07) is 6.35. The minimum atomic E-state index is 0. The van der Waals surface area contributed by atoms with Gasteiger partial charge in [0.05, 0.1) is 0 Å². The van der Waals surface area contributed by atoms with Crippen molar-refractivity contribution in [3.8, 4) is 0 Å². The van der Waals surface area contributed by atoms with Crippen molar-refractivity contribution in [1.29, 1.82) is 0 Å². The Morgan fingerprint density at radius 3 is 2.67 bits per heavy atom. The summed E-state index contributed by atoms with van der Waals surface area (Å²) >= 11 is 2.04. The fourth-order valence-corrected chi connectivity index (χ4v) is 5.38. The molecule has 3 aliphatic rings. The van der Waals surface area contributed by atoms with Gasteiger partial charge in [0, 0.05) is 42.7 Å². The van der Waals surface area contributed by atoms with Crippen LogP contribution in [0.2, 0.25) is 0 Å². The third-order valence-electron chi connectivity index (χ3n) is 6.31. The second-order valence-corrected chi connectivity index (χ2v) is 9.06. The molecule has 2 N–H and O–H groups in total. The predicted octanol–water partition coefficient (Wildman–Crippen LogP) is 3.72. The van der Waals surface area contributed by atoms with Crippen LogP contribution in [0, 0.1) is 18.3 Å². The quantitative estimate of drug-likeness (QED) is 0.762. The van der Waals surface area contributed by atoms with Crippen molar-refractivity contribution in [2.45, 2.75) is 32.7 Å². The molecule has 1 spiro atoms. The first kappa shape index (κ1) is 22.8. The number of rotatable bonds is 4. The molecule has 1 aromatic rings. The molecule has 0 radical (unpaired) electrons. The van der Waals surface area contributed by atoms with Gasteiger partial charge in [-0.3, -0.25) is 9.69 Å². The average Bonchev–Trinajstić information content (AvgIpc) is 3.33. The Morgan fingerprint density at radius 2 is 1.96 bits per heavy atom. The van der Waals surface area contributed by atoms with Crippen molar-refractivity contribution in [3.63, 3.8) is 0 Å². The van der Waals surface area contributed by atoms with Crippen molar-refractivity contribution >= 4 is 48.2 Å². The molecule has 1 aromatic carbocycles. The van der Waals surface area contributed by atoms with Gasteiger partial charge in [0.1, 0.15) is 0 Å². The first-order chi connectivity index (χ1) is 12.2. The van der Waals surface area contributed by atoms with Crippen LogP contribution in [0.5, 0.6) is 0 Å². The number of thioether (sulfide) groups is 1. The lowest BCUT2D eigenvalue weighted by atomic mass is 9.91. The molecule has 2 aliphatic heterocycles. The Morgan fingerprint density at radius 1 is 1.26 bits per heavy atom. The van der Waals surface area contributed by atoms with Crippen LogP contribution in [0.3, 0.4) is 0 Å². The van der Waals surface area contributed by atoms with E-state index >= 15 is 0 Å². The summed E-state index contributed by atoms with van der Waals surface area (Å²) in [6.45, 7) is 7.60. The molecule has 1 amide bonds. The number of hydrogen-bond donors (Lipinski definition) is 2. The number of carbonyl (C=O) groups is 1. The highest BCUT2D eigenvalue weighted by Gasteiger charge is 2.57. The number of benzene rings is 1. The van der Waals surface area contributed by atoms with Gasteiger partial charge in [-0.15, -0.1) is 24.8 Å². The van der Waals surface area contributed by atoms with Crippen molar-refractivity contribution < 1.29 is 4.79 Å². The lowest BCUT2D eigenvalue weighted by Gasteiger charge is -2.27. The van der Waals surface area contributed by atoms with Gasteiger partial charge >= 0.3 is 0 Å². The molecule has 27 heavy (non-hydrogen) atoms. The van der Waals surface area contributed by atoms with E-state index in [0.29, 0.717) is 5.41 Å². The van der Waals surface area contributed by atoms with Crippen molar-refractivity contribution in [2.24, 2.45) is 11.3 Å². The van der Waals surface area contributed by atoms with E-state index in [0.717, 1.165) is 44.6 Å². The summed E-state index contributed by atoms with van der Waals surface area (Å²) in [6.07, 6.45) is 3.37. The zero-order valence-corrected chi connectivity index (χ0v) is 18.4. The third kappa shape index (κ3) is 5.13. The summed E-state index contributed by atoms with van der Waals surface area (Å²) in [5.41, 5.74) is 3.88. The second kappa shape index (κ2) is 9.84. The summed E-state index contributed by atoms with van der Waals surface area (Å²) in [7, 11) is 0. The van der Waals surface area contributed by atoms with E-state index in [4.69, 9.17) is 0 Å². The number of hydrogen-bond acceptors (Lipinski definition) is 4. The average molecular weight is 432 g/mol. The molecule has 3 fully saturated rings. The van der Waals surface area contributed by atoms with E-state index in [1.165, 1.54) is 35.7 Å². The standard InChI is InChI=1S/C20H29N3OS.2ClH/c1-15-16(14-23-9-11-25-12-10-23)3-2-4-18(15)22-19(24)17-13-20(17)5-7-21-8-6-20;;/h2-4,17,21H,5-14H2,1H3,(H,22,24);2*1H. The summed E-state index contributed by atoms with van der Waals surface area (Å²) in [5, 5.41) is 6.65. The van der Waals surface area contributed by atoms with Gasteiger partial charge in [-0.1, -0.05) is 12.1 Å². The molecule has 4 rings (SSSR count). The highest BCUT2D eigenvalue weighted by Crippen LogP contribution is 2.58. The topological polar surface area (TPSA) is 44.4 Å². The second-order valence-electron chi connectivity index (χ2n) is 7.84. The van der Waals surface area contributed by atoms with Crippen LogP contribution in [0.15, 0.2) is 18.2 Å². The van der Waals surface area contributed by atoms with Crippen LogP contribution in [0.1, 0.15) is 30.4 Å². The van der Waals surface area contributed by atoms with Crippen molar-refractivity contribution in [3.05, 3.63) is 29.3 Å². The fourth-order valence-electron chi connectivity index (χ4n) is 4.41. The summed E-state index contributed by atoms with van der Waals surface area (Å²) in [4.78, 5) is 15.3. The van der Waals surface area contributed by atoms with E-state index in [2.05, 4.69) is 40.7 Å². The zero-order chi connectivity index (χ0) is 17.3. The van der Waals surface area contributed by atoms with Gasteiger partial charge in [0.25, 0.3) is 0 Å². The SMILES string of the molecule is Cc1c(CN2CCSCC2)cccc1NC(=O)C1CC12CCNCC2.Cl.Cl. The fraction of sp³-hybridized carbons (Fsp3) is 0.650. The highest BCUT2D eigenvalue weighted by atomic mass is 35.5. The Labute approximate surface area is 179 Å². The molecule has 1 aliphatic carbocycles. The van der Waals surface area contributed by atoms with Gasteiger partial charge in [-0.05, 0) is 61.9 Å². The lowest BCUT2D eigenvalue weighted by molar-refractivity contribution is -0.118. The molecule has 1 saturated carbocycles. The van der Waals surface area contributed by atoms with Crippen LogP contribution in [0.4, 0.5) is 5.69 Å². The normalized spacial score (nSPS) is 23.8. The molecule has 152 valence electrons. The van der Waals surface area contributed by atoms with Gasteiger partial charge in [0.15, 0.2) is 0 Å². The number of amides is 1. The minimum absolute atomic E-state index is 0. The highest BCUT2D eigenvalue weighted by molar-refractivity contribution is 7.99. The maximum atomic E-state index is 12.8. The Hall–Kier alpha value is -0.460. The van der Waals surface area contributed by atoms with E-state index in [1.54, 1.807) is 0 Å². The number of carbonyl (C=O) groups excluding carboxylic acids is 1. The first-order valence-electron chi connectivity index (χ1n) is 9.58. The number of nitrogens with one attached hydrogen (secondary N) is 2. The molecule has 1 unspecified atom stereocenters. The maximum absolute atomic E-state index is 12.8. The number of piperidine rings is 1. The Kier molecular flexibility index (Phi) is 8.32. The zero-order valence-electron chi connectivity index (χ0n) is 16.0. The van der Waals surface area contributed by atoms with Crippen LogP contribution in [-0.2, 0) is 11.3 Å². The van der Waals surface area contributed by atoms with E-state index in [9.17, 15) is 4.79 Å². The van der Waals surface area contributed by atoms with Crippen molar-refractivity contribution in [1.82, 2.24) is 10.2 Å². The number of anilines is 1. The molecule has 0 aromatic heterocycles. The molecule has 0 bridgehead atoms. The van der Waals surface area contributed by atoms with E-state index in [1.807, 2.05) is 11.8 Å². The molecule has 7 heteroatoms. The molecular formula is C20H31Cl2N3OS. The van der Waals surface area contributed by atoms with Crippen molar-refractivity contribution in [2.75, 3.05) is 43.0 Å². The molecular weight excluding hydrogens is 401 g/mol. The van der Waals surface area contributed by atoms with E-state index in [-0.39, 0.29) is 36.6 Å². The molecule has 2 heterocycles. The lowest BCUT2D eigenvalue weighted by Crippen LogP contribution is -2.32. The minimum Gasteiger partial charge on any atom is -0.326 e.